The Morgan fingerprint density at radius 3 is 2.33 bits per heavy atom. The quantitative estimate of drug-likeness (QED) is 0.724. The van der Waals surface area contributed by atoms with Gasteiger partial charge in [0.2, 0.25) is 5.91 Å². The average molecular weight is 433 g/mol. The van der Waals surface area contributed by atoms with Crippen molar-refractivity contribution in [3.8, 4) is 0 Å². The Morgan fingerprint density at radius 2 is 1.77 bits per heavy atom. The van der Waals surface area contributed by atoms with E-state index in [0.717, 1.165) is 37.9 Å². The maximum absolute atomic E-state index is 13.9. The zero-order valence-corrected chi connectivity index (χ0v) is 18.3. The second-order valence-electron chi connectivity index (χ2n) is 7.95. The van der Waals surface area contributed by atoms with E-state index in [0.29, 0.717) is 12.1 Å². The summed E-state index contributed by atoms with van der Waals surface area (Å²) in [6.45, 7) is 4.07. The van der Waals surface area contributed by atoms with Crippen LogP contribution in [0.15, 0.2) is 53.4 Å². The lowest BCUT2D eigenvalue weighted by atomic mass is 9.94. The Hall–Kier alpha value is -2.25. The van der Waals surface area contributed by atoms with Crippen molar-refractivity contribution in [2.75, 3.05) is 19.3 Å². The fourth-order valence-electron chi connectivity index (χ4n) is 3.88. The van der Waals surface area contributed by atoms with Crippen LogP contribution in [-0.2, 0) is 21.2 Å². The smallest absolute Gasteiger partial charge is 0.223 e. The number of hydrogen-bond donors (Lipinski definition) is 1. The molecule has 1 heterocycles. The van der Waals surface area contributed by atoms with Gasteiger partial charge in [-0.3, -0.25) is 9.69 Å². The van der Waals surface area contributed by atoms with Gasteiger partial charge in [0.25, 0.3) is 0 Å². The van der Waals surface area contributed by atoms with Gasteiger partial charge in [0.15, 0.2) is 9.84 Å². The van der Waals surface area contributed by atoms with Crippen LogP contribution < -0.4 is 5.32 Å². The molecule has 162 valence electrons. The highest BCUT2D eigenvalue weighted by molar-refractivity contribution is 7.90. The molecule has 1 fully saturated rings. The van der Waals surface area contributed by atoms with Gasteiger partial charge in [-0.05, 0) is 56.1 Å². The molecule has 1 aliphatic heterocycles. The number of nitrogens with zero attached hydrogens (tertiary/aromatic N) is 1. The fourth-order valence-corrected chi connectivity index (χ4v) is 4.51. The molecule has 0 spiro atoms. The van der Waals surface area contributed by atoms with Crippen LogP contribution >= 0.6 is 0 Å². The van der Waals surface area contributed by atoms with E-state index in [4.69, 9.17) is 0 Å². The van der Waals surface area contributed by atoms with E-state index in [-0.39, 0.29) is 28.6 Å². The van der Waals surface area contributed by atoms with E-state index in [1.54, 1.807) is 36.4 Å². The van der Waals surface area contributed by atoms with Crippen LogP contribution in [0.2, 0.25) is 0 Å². The maximum Gasteiger partial charge on any atom is 0.223 e. The van der Waals surface area contributed by atoms with Gasteiger partial charge < -0.3 is 5.32 Å². The van der Waals surface area contributed by atoms with Crippen LogP contribution in [0, 0.1) is 11.7 Å². The van der Waals surface area contributed by atoms with Crippen molar-refractivity contribution in [2.24, 2.45) is 5.92 Å². The van der Waals surface area contributed by atoms with E-state index in [2.05, 4.69) is 10.2 Å². The molecule has 2 aromatic carbocycles. The lowest BCUT2D eigenvalue weighted by Crippen LogP contribution is -2.41. The van der Waals surface area contributed by atoms with E-state index in [9.17, 15) is 17.6 Å². The Morgan fingerprint density at radius 1 is 1.13 bits per heavy atom. The number of halogens is 1. The van der Waals surface area contributed by atoms with E-state index in [1.807, 2.05) is 13.0 Å². The molecule has 3 rings (SSSR count). The van der Waals surface area contributed by atoms with Gasteiger partial charge >= 0.3 is 0 Å². The molecular weight excluding hydrogens is 403 g/mol. The first-order chi connectivity index (χ1) is 14.3. The third kappa shape index (κ3) is 5.67. The van der Waals surface area contributed by atoms with Gasteiger partial charge in [0.1, 0.15) is 5.82 Å². The molecule has 1 N–H and O–H groups in total. The van der Waals surface area contributed by atoms with Crippen LogP contribution in [0.5, 0.6) is 0 Å². The van der Waals surface area contributed by atoms with Crippen molar-refractivity contribution in [2.45, 2.75) is 43.7 Å². The average Bonchev–Trinajstić information content (AvgIpc) is 2.73. The number of rotatable bonds is 7. The molecule has 0 radical (unpaired) electrons. The SMILES string of the molecule is CC[C@H](NC(=O)C1CCN(Cc2ccccc2F)CC1)c1ccc(S(C)(=O)=O)cc1. The molecule has 0 saturated carbocycles. The number of carbonyl (C=O) groups is 1. The van der Waals surface area contributed by atoms with Crippen molar-refractivity contribution < 1.29 is 17.6 Å². The van der Waals surface area contributed by atoms with Gasteiger partial charge in [0, 0.05) is 24.3 Å². The van der Waals surface area contributed by atoms with Crippen molar-refractivity contribution in [3.05, 3.63) is 65.5 Å². The third-order valence-electron chi connectivity index (χ3n) is 5.75. The first-order valence-electron chi connectivity index (χ1n) is 10.3. The molecule has 5 nitrogen and oxygen atoms in total. The number of hydrogen-bond acceptors (Lipinski definition) is 4. The number of sulfone groups is 1. The van der Waals surface area contributed by atoms with Gasteiger partial charge in [-0.15, -0.1) is 0 Å². The van der Waals surface area contributed by atoms with Crippen LogP contribution in [0.25, 0.3) is 0 Å². The summed E-state index contributed by atoms with van der Waals surface area (Å²) >= 11 is 0. The Bertz CT molecular complexity index is 968. The molecule has 1 atom stereocenters. The molecule has 0 aromatic heterocycles. The summed E-state index contributed by atoms with van der Waals surface area (Å²) in [6.07, 6.45) is 3.38. The highest BCUT2D eigenvalue weighted by atomic mass is 32.2. The predicted octanol–water partition coefficient (Wildman–Crippen LogP) is 3.71. The summed E-state index contributed by atoms with van der Waals surface area (Å²) < 4.78 is 37.1. The van der Waals surface area contributed by atoms with E-state index in [1.165, 1.54) is 12.3 Å². The molecule has 1 aliphatic rings. The van der Waals surface area contributed by atoms with Crippen LogP contribution in [0.1, 0.15) is 43.4 Å². The number of piperidine rings is 1. The number of likely N-dealkylation sites (tertiary alicyclic amines) is 1. The van der Waals surface area contributed by atoms with Gasteiger partial charge in [-0.1, -0.05) is 37.3 Å². The number of nitrogens with one attached hydrogen (secondary N) is 1. The van der Waals surface area contributed by atoms with Crippen LogP contribution in [0.3, 0.4) is 0 Å². The van der Waals surface area contributed by atoms with E-state index >= 15 is 0 Å². The first-order valence-corrected chi connectivity index (χ1v) is 12.2. The standard InChI is InChI=1S/C23H29FN2O3S/c1-3-22(17-8-10-20(11-9-17)30(2,28)29)25-23(27)18-12-14-26(15-13-18)16-19-6-4-5-7-21(19)24/h4-11,18,22H,3,12-16H2,1-2H3,(H,25,27)/t22-/m0/s1. The summed E-state index contributed by atoms with van der Waals surface area (Å²) in [5.74, 6) is -0.226. The molecule has 2 aromatic rings. The monoisotopic (exact) mass is 432 g/mol. The zero-order chi connectivity index (χ0) is 21.7. The molecule has 0 aliphatic carbocycles. The topological polar surface area (TPSA) is 66.5 Å². The van der Waals surface area contributed by atoms with Crippen molar-refractivity contribution in [1.82, 2.24) is 10.2 Å². The normalized spacial score (nSPS) is 16.9. The molecule has 7 heteroatoms. The second-order valence-corrected chi connectivity index (χ2v) is 9.97. The molecule has 1 amide bonds. The Balaban J connectivity index is 1.55. The Kier molecular flexibility index (Phi) is 7.26. The van der Waals surface area contributed by atoms with Gasteiger partial charge in [-0.25, -0.2) is 12.8 Å². The molecular formula is C23H29FN2O3S. The number of benzene rings is 2. The number of amides is 1. The summed E-state index contributed by atoms with van der Waals surface area (Å²) in [5.41, 5.74) is 1.58. The summed E-state index contributed by atoms with van der Waals surface area (Å²) in [6, 6.07) is 13.4. The van der Waals surface area contributed by atoms with E-state index < -0.39 is 9.84 Å². The molecule has 1 saturated heterocycles. The summed E-state index contributed by atoms with van der Waals surface area (Å²) in [4.78, 5) is 15.3. The molecule has 0 unspecified atom stereocenters. The minimum absolute atomic E-state index is 0.0274. The van der Waals surface area contributed by atoms with Crippen molar-refractivity contribution in [1.29, 1.82) is 0 Å². The first kappa shape index (κ1) is 22.4. The fraction of sp³-hybridized carbons (Fsp3) is 0.435. The van der Waals surface area contributed by atoms with Gasteiger partial charge in [0.05, 0.1) is 10.9 Å². The minimum Gasteiger partial charge on any atom is -0.349 e. The largest absolute Gasteiger partial charge is 0.349 e. The van der Waals surface area contributed by atoms with Gasteiger partial charge in [-0.2, -0.15) is 0 Å². The second kappa shape index (κ2) is 9.71. The third-order valence-corrected chi connectivity index (χ3v) is 6.87. The molecule has 30 heavy (non-hydrogen) atoms. The predicted molar refractivity (Wildman–Crippen MR) is 115 cm³/mol. The van der Waals surface area contributed by atoms with Crippen molar-refractivity contribution >= 4 is 15.7 Å². The lowest BCUT2D eigenvalue weighted by molar-refractivity contribution is -0.127. The lowest BCUT2D eigenvalue weighted by Gasteiger charge is -2.32. The molecule has 0 bridgehead atoms. The highest BCUT2D eigenvalue weighted by Gasteiger charge is 2.27. The number of carbonyl (C=O) groups excluding carboxylic acids is 1. The minimum atomic E-state index is -3.24. The maximum atomic E-state index is 13.9. The van der Waals surface area contributed by atoms with Crippen LogP contribution in [0.4, 0.5) is 4.39 Å². The van der Waals surface area contributed by atoms with Crippen LogP contribution in [-0.4, -0.2) is 38.6 Å². The highest BCUT2D eigenvalue weighted by Crippen LogP contribution is 2.23. The summed E-state index contributed by atoms with van der Waals surface area (Å²) in [7, 11) is -3.24. The summed E-state index contributed by atoms with van der Waals surface area (Å²) in [5, 5.41) is 3.12. The zero-order valence-electron chi connectivity index (χ0n) is 17.5. The Labute approximate surface area is 178 Å². The van der Waals surface area contributed by atoms with Crippen molar-refractivity contribution in [3.63, 3.8) is 0 Å².